The Bertz CT molecular complexity index is 1230. The van der Waals surface area contributed by atoms with Gasteiger partial charge in [0.2, 0.25) is 5.91 Å². The molecule has 1 fully saturated rings. The van der Waals surface area contributed by atoms with E-state index in [0.717, 1.165) is 41.2 Å². The summed E-state index contributed by atoms with van der Waals surface area (Å²) in [5.74, 6) is -0.320. The van der Waals surface area contributed by atoms with E-state index < -0.39 is 0 Å². The topological polar surface area (TPSA) is 93.5 Å². The number of carbonyl (C=O) groups excluding carboxylic acids is 3. The van der Waals surface area contributed by atoms with Crippen LogP contribution in [0.4, 0.5) is 0 Å². The minimum Gasteiger partial charge on any atom is -0.469 e. The number of esters is 1. The molecule has 1 aliphatic rings. The number of ether oxygens (including phenoxy) is 1. The predicted octanol–water partition coefficient (Wildman–Crippen LogP) is 3.69. The van der Waals surface area contributed by atoms with E-state index in [4.69, 9.17) is 4.74 Å². The lowest BCUT2D eigenvalue weighted by Gasteiger charge is -2.25. The standard InChI is InChI=1S/C28H32N4O4/c1-19-24(15-16-27(34)36-3)20(2)32(30-19)23-13-11-22(12-14-23)28(35)29-25(21-8-5-4-6-9-21)18-31-17-7-10-26(31)33/h4-6,8-9,11-14,25H,7,10,15-18H2,1-3H3,(H,29,35). The molecule has 0 spiro atoms. The molecular formula is C28H32N4O4. The van der Waals surface area contributed by atoms with Gasteiger partial charge in [-0.1, -0.05) is 30.3 Å². The zero-order chi connectivity index (χ0) is 25.7. The Hall–Kier alpha value is -3.94. The number of amides is 2. The lowest BCUT2D eigenvalue weighted by atomic mass is 10.1. The van der Waals surface area contributed by atoms with Crippen LogP contribution in [0.25, 0.3) is 5.69 Å². The predicted molar refractivity (Wildman–Crippen MR) is 136 cm³/mol. The molecule has 0 radical (unpaired) electrons. The minimum atomic E-state index is -0.297. The lowest BCUT2D eigenvalue weighted by molar-refractivity contribution is -0.140. The smallest absolute Gasteiger partial charge is 0.305 e. The maximum Gasteiger partial charge on any atom is 0.305 e. The Kier molecular flexibility index (Phi) is 7.83. The molecular weight excluding hydrogens is 456 g/mol. The van der Waals surface area contributed by atoms with Crippen LogP contribution in [0.15, 0.2) is 54.6 Å². The summed E-state index contributed by atoms with van der Waals surface area (Å²) in [6, 6.07) is 16.7. The van der Waals surface area contributed by atoms with Gasteiger partial charge in [0.1, 0.15) is 0 Å². The molecule has 2 heterocycles. The third-order valence-corrected chi connectivity index (χ3v) is 6.70. The number of methoxy groups -OCH3 is 1. The molecule has 4 rings (SSSR count). The molecule has 8 nitrogen and oxygen atoms in total. The van der Waals surface area contributed by atoms with Crippen LogP contribution in [-0.2, 0) is 20.7 Å². The van der Waals surface area contributed by atoms with Gasteiger partial charge in [0.25, 0.3) is 5.91 Å². The molecule has 1 aliphatic heterocycles. The van der Waals surface area contributed by atoms with Gasteiger partial charge in [-0.05, 0) is 62.1 Å². The quantitative estimate of drug-likeness (QED) is 0.464. The molecule has 0 bridgehead atoms. The molecule has 1 saturated heterocycles. The number of aryl methyl sites for hydroxylation is 1. The second-order valence-electron chi connectivity index (χ2n) is 9.06. The molecule has 0 saturated carbocycles. The second-order valence-corrected chi connectivity index (χ2v) is 9.06. The van der Waals surface area contributed by atoms with Crippen LogP contribution < -0.4 is 5.32 Å². The van der Waals surface area contributed by atoms with Gasteiger partial charge >= 0.3 is 5.97 Å². The van der Waals surface area contributed by atoms with Gasteiger partial charge < -0.3 is 15.0 Å². The summed E-state index contributed by atoms with van der Waals surface area (Å²) in [5.41, 5.74) is 5.15. The first-order chi connectivity index (χ1) is 17.4. The van der Waals surface area contributed by atoms with Crippen LogP contribution >= 0.6 is 0 Å². The van der Waals surface area contributed by atoms with E-state index in [1.54, 1.807) is 12.1 Å². The molecule has 1 aromatic heterocycles. The van der Waals surface area contributed by atoms with Crippen molar-refractivity contribution in [3.63, 3.8) is 0 Å². The monoisotopic (exact) mass is 488 g/mol. The Morgan fingerprint density at radius 2 is 1.81 bits per heavy atom. The summed E-state index contributed by atoms with van der Waals surface area (Å²) < 4.78 is 6.58. The second kappa shape index (κ2) is 11.2. The zero-order valence-corrected chi connectivity index (χ0v) is 21.0. The van der Waals surface area contributed by atoms with E-state index in [1.165, 1.54) is 7.11 Å². The van der Waals surface area contributed by atoms with E-state index >= 15 is 0 Å². The van der Waals surface area contributed by atoms with Crippen LogP contribution in [0.3, 0.4) is 0 Å². The molecule has 2 amide bonds. The molecule has 8 heteroatoms. The average molecular weight is 489 g/mol. The number of likely N-dealkylation sites (tertiary alicyclic amines) is 1. The van der Waals surface area contributed by atoms with E-state index in [9.17, 15) is 14.4 Å². The summed E-state index contributed by atoms with van der Waals surface area (Å²) in [6.45, 7) is 5.06. The zero-order valence-electron chi connectivity index (χ0n) is 21.0. The maximum atomic E-state index is 13.2. The number of hydrogen-bond acceptors (Lipinski definition) is 5. The van der Waals surface area contributed by atoms with Gasteiger partial charge in [-0.3, -0.25) is 14.4 Å². The fourth-order valence-corrected chi connectivity index (χ4v) is 4.65. The van der Waals surface area contributed by atoms with Gasteiger partial charge in [-0.25, -0.2) is 4.68 Å². The highest BCUT2D eigenvalue weighted by Gasteiger charge is 2.25. The van der Waals surface area contributed by atoms with Gasteiger partial charge in [0.15, 0.2) is 0 Å². The number of nitrogens with zero attached hydrogens (tertiary/aromatic N) is 3. The normalized spacial score (nSPS) is 14.1. The highest BCUT2D eigenvalue weighted by Crippen LogP contribution is 2.22. The van der Waals surface area contributed by atoms with Crippen molar-refractivity contribution in [2.75, 3.05) is 20.2 Å². The first kappa shape index (κ1) is 25.2. The number of carbonyl (C=O) groups is 3. The fraction of sp³-hybridized carbons (Fsp3) is 0.357. The molecule has 1 unspecified atom stereocenters. The summed E-state index contributed by atoms with van der Waals surface area (Å²) in [6.07, 6.45) is 2.28. The molecule has 1 N–H and O–H groups in total. The number of nitrogens with one attached hydrogen (secondary N) is 1. The van der Waals surface area contributed by atoms with E-state index in [0.29, 0.717) is 31.4 Å². The number of hydrogen-bond donors (Lipinski definition) is 1. The van der Waals surface area contributed by atoms with Crippen molar-refractivity contribution in [1.82, 2.24) is 20.0 Å². The minimum absolute atomic E-state index is 0.130. The third kappa shape index (κ3) is 5.64. The van der Waals surface area contributed by atoms with E-state index in [2.05, 4.69) is 10.4 Å². The van der Waals surface area contributed by atoms with Crippen LogP contribution in [0.5, 0.6) is 0 Å². The Morgan fingerprint density at radius 3 is 2.44 bits per heavy atom. The molecule has 36 heavy (non-hydrogen) atoms. The first-order valence-electron chi connectivity index (χ1n) is 12.2. The van der Waals surface area contributed by atoms with E-state index in [1.807, 2.05) is 65.9 Å². The van der Waals surface area contributed by atoms with Crippen molar-refractivity contribution in [2.24, 2.45) is 0 Å². The highest BCUT2D eigenvalue weighted by atomic mass is 16.5. The SMILES string of the molecule is COC(=O)CCc1c(C)nn(-c2ccc(C(=O)NC(CN3CCCC3=O)c3ccccc3)cc2)c1C. The van der Waals surface area contributed by atoms with Gasteiger partial charge in [-0.2, -0.15) is 5.10 Å². The molecule has 0 aliphatic carbocycles. The summed E-state index contributed by atoms with van der Waals surface area (Å²) in [4.78, 5) is 38.7. The van der Waals surface area contributed by atoms with Crippen LogP contribution in [0.2, 0.25) is 0 Å². The van der Waals surface area contributed by atoms with Crippen molar-refractivity contribution in [1.29, 1.82) is 0 Å². The van der Waals surface area contributed by atoms with Crippen molar-refractivity contribution in [2.45, 2.75) is 45.6 Å². The fourth-order valence-electron chi connectivity index (χ4n) is 4.65. The van der Waals surface area contributed by atoms with Gasteiger partial charge in [0, 0.05) is 37.2 Å². The van der Waals surface area contributed by atoms with Crippen molar-refractivity contribution < 1.29 is 19.1 Å². The number of aromatic nitrogens is 2. The first-order valence-corrected chi connectivity index (χ1v) is 12.2. The highest BCUT2D eigenvalue weighted by molar-refractivity contribution is 5.94. The molecule has 188 valence electrons. The third-order valence-electron chi connectivity index (χ3n) is 6.70. The molecule has 1 atom stereocenters. The Morgan fingerprint density at radius 1 is 1.08 bits per heavy atom. The Labute approximate surface area is 211 Å². The van der Waals surface area contributed by atoms with Gasteiger partial charge in [0.05, 0.1) is 24.5 Å². The van der Waals surface area contributed by atoms with Gasteiger partial charge in [-0.15, -0.1) is 0 Å². The summed E-state index contributed by atoms with van der Waals surface area (Å²) in [5, 5.41) is 7.75. The van der Waals surface area contributed by atoms with Crippen molar-refractivity contribution >= 4 is 17.8 Å². The van der Waals surface area contributed by atoms with E-state index in [-0.39, 0.29) is 23.8 Å². The molecule has 3 aromatic rings. The summed E-state index contributed by atoms with van der Waals surface area (Å²) >= 11 is 0. The van der Waals surface area contributed by atoms with Crippen LogP contribution in [0.1, 0.15) is 58.2 Å². The van der Waals surface area contributed by atoms with Crippen LogP contribution in [-0.4, -0.2) is 52.7 Å². The van der Waals surface area contributed by atoms with Crippen molar-refractivity contribution in [3.05, 3.63) is 82.7 Å². The lowest BCUT2D eigenvalue weighted by Crippen LogP contribution is -2.38. The maximum absolute atomic E-state index is 13.2. The Balaban J connectivity index is 1.49. The van der Waals surface area contributed by atoms with Crippen molar-refractivity contribution in [3.8, 4) is 5.69 Å². The molecule has 2 aromatic carbocycles. The number of rotatable bonds is 9. The summed E-state index contributed by atoms with van der Waals surface area (Å²) in [7, 11) is 1.39. The largest absolute Gasteiger partial charge is 0.469 e. The number of benzene rings is 2. The average Bonchev–Trinajstić information content (AvgIpc) is 3.43. The van der Waals surface area contributed by atoms with Crippen LogP contribution in [0, 0.1) is 13.8 Å².